The molecule has 0 spiro atoms. The lowest BCUT2D eigenvalue weighted by Gasteiger charge is -2.31. The molecule has 0 fully saturated rings. The normalized spacial score (nSPS) is 14.7. The monoisotopic (exact) mass is 526 g/mol. The summed E-state index contributed by atoms with van der Waals surface area (Å²) in [5, 5.41) is 22.0. The second-order valence-electron chi connectivity index (χ2n) is 8.39. The van der Waals surface area contributed by atoms with Gasteiger partial charge in [0.1, 0.15) is 30.8 Å². The van der Waals surface area contributed by atoms with Gasteiger partial charge < -0.3 is 20.3 Å². The third-order valence-electron chi connectivity index (χ3n) is 6.12. The number of carboxylic acids is 1. The van der Waals surface area contributed by atoms with Crippen LogP contribution in [0.25, 0.3) is 22.0 Å². The molecule has 1 aliphatic rings. The van der Waals surface area contributed by atoms with Gasteiger partial charge in [0, 0.05) is 28.9 Å². The van der Waals surface area contributed by atoms with E-state index < -0.39 is 53.1 Å². The smallest absolute Gasteiger partial charge is 0.416 e. The molecule has 5 rings (SSSR count). The van der Waals surface area contributed by atoms with Gasteiger partial charge in [0.25, 0.3) is 11.5 Å². The molecule has 4 aromatic rings. The Labute approximate surface area is 211 Å². The minimum atomic E-state index is -4.57. The summed E-state index contributed by atoms with van der Waals surface area (Å²) < 4.78 is 46.5. The Hall–Kier alpha value is -4.94. The van der Waals surface area contributed by atoms with Gasteiger partial charge in [-0.1, -0.05) is 12.1 Å². The Balaban J connectivity index is 1.77. The Bertz CT molecular complexity index is 1640. The number of hydrogen-bond donors (Lipinski definition) is 3. The number of nitrogens with one attached hydrogen (secondary N) is 1. The number of nitrogens with zero attached hydrogens (tertiary/aromatic N) is 3. The van der Waals surface area contributed by atoms with Gasteiger partial charge in [0.05, 0.1) is 17.1 Å². The number of rotatable bonds is 5. The second-order valence-corrected chi connectivity index (χ2v) is 8.39. The van der Waals surface area contributed by atoms with E-state index in [-0.39, 0.29) is 28.8 Å². The summed E-state index contributed by atoms with van der Waals surface area (Å²) in [6, 6.07) is 6.17. The predicted molar refractivity (Wildman–Crippen MR) is 126 cm³/mol. The molecule has 0 bridgehead atoms. The van der Waals surface area contributed by atoms with Crippen molar-refractivity contribution in [2.24, 2.45) is 0 Å². The van der Waals surface area contributed by atoms with Crippen molar-refractivity contribution in [1.29, 1.82) is 0 Å². The van der Waals surface area contributed by atoms with Gasteiger partial charge in [-0.15, -0.1) is 0 Å². The number of amides is 1. The highest BCUT2D eigenvalue weighted by Crippen LogP contribution is 2.44. The number of carbonyl (C=O) groups is 2. The van der Waals surface area contributed by atoms with Gasteiger partial charge in [-0.3, -0.25) is 19.0 Å². The Morgan fingerprint density at radius 3 is 2.42 bits per heavy atom. The third kappa shape index (κ3) is 4.17. The second kappa shape index (κ2) is 9.18. The molecule has 1 atom stereocenters. The van der Waals surface area contributed by atoms with Crippen LogP contribution in [-0.4, -0.2) is 49.8 Å². The number of pyridine rings is 1. The van der Waals surface area contributed by atoms with E-state index >= 15 is 0 Å². The van der Waals surface area contributed by atoms with Gasteiger partial charge >= 0.3 is 12.1 Å². The SMILES string of the molecule is O=C(O)CNC(=O)c1c(O)c2ccc(-c3cncnc3)c3c2n(c1=O)C(c1ccc(C(F)(F)F)cc1)CO3. The van der Waals surface area contributed by atoms with Crippen LogP contribution in [-0.2, 0) is 11.0 Å². The molecule has 1 amide bonds. The zero-order chi connectivity index (χ0) is 27.2. The topological polar surface area (TPSA) is 144 Å². The van der Waals surface area contributed by atoms with E-state index in [1.165, 1.54) is 41.5 Å². The standard InChI is InChI=1S/C25H17F3N4O6/c26-25(27,28)14-3-1-12(2-4-14)17-10-38-22-15(13-7-29-11-30-8-13)5-6-16-20(22)32(17)24(37)19(21(16)35)23(36)31-9-18(33)34/h1-8,11,17,35H,9-10H2,(H,31,36)(H,33,34). The summed E-state index contributed by atoms with van der Waals surface area (Å²) in [4.78, 5) is 45.4. The number of carbonyl (C=O) groups excluding carboxylic acids is 1. The van der Waals surface area contributed by atoms with Crippen molar-refractivity contribution in [2.45, 2.75) is 12.2 Å². The maximum Gasteiger partial charge on any atom is 0.416 e. The molecule has 0 saturated carbocycles. The van der Waals surface area contributed by atoms with Crippen molar-refractivity contribution in [3.8, 4) is 22.6 Å². The number of aliphatic carboxylic acids is 1. The summed E-state index contributed by atoms with van der Waals surface area (Å²) in [5.74, 6) is -3.02. The Kier molecular flexibility index (Phi) is 5.97. The Morgan fingerprint density at radius 1 is 1.11 bits per heavy atom. The highest BCUT2D eigenvalue weighted by molar-refractivity contribution is 6.05. The highest BCUT2D eigenvalue weighted by atomic mass is 19.4. The van der Waals surface area contributed by atoms with E-state index in [9.17, 15) is 32.7 Å². The lowest BCUT2D eigenvalue weighted by molar-refractivity contribution is -0.138. The van der Waals surface area contributed by atoms with Gasteiger partial charge in [-0.2, -0.15) is 13.2 Å². The van der Waals surface area contributed by atoms with Gasteiger partial charge in [0.15, 0.2) is 5.75 Å². The summed E-state index contributed by atoms with van der Waals surface area (Å²) in [6.45, 7) is -1.00. The van der Waals surface area contributed by atoms with Crippen LogP contribution in [0.1, 0.15) is 27.5 Å². The fraction of sp³-hybridized carbons (Fsp3) is 0.160. The molecule has 2 aromatic heterocycles. The van der Waals surface area contributed by atoms with Crippen molar-refractivity contribution in [1.82, 2.24) is 19.9 Å². The molecule has 194 valence electrons. The van der Waals surface area contributed by atoms with Crippen LogP contribution in [0, 0.1) is 0 Å². The average Bonchev–Trinajstić information content (AvgIpc) is 2.90. The van der Waals surface area contributed by atoms with Crippen molar-refractivity contribution in [3.05, 3.63) is 82.2 Å². The lowest BCUT2D eigenvalue weighted by Crippen LogP contribution is -2.39. The zero-order valence-electron chi connectivity index (χ0n) is 19.2. The van der Waals surface area contributed by atoms with Crippen molar-refractivity contribution in [2.75, 3.05) is 13.2 Å². The summed E-state index contributed by atoms with van der Waals surface area (Å²) in [5.41, 5.74) is -1.20. The maximum atomic E-state index is 13.7. The lowest BCUT2D eigenvalue weighted by atomic mass is 9.97. The predicted octanol–water partition coefficient (Wildman–Crippen LogP) is 2.98. The molecular weight excluding hydrogens is 509 g/mol. The third-order valence-corrected chi connectivity index (χ3v) is 6.12. The molecule has 1 aliphatic heterocycles. The maximum absolute atomic E-state index is 13.7. The van der Waals surface area contributed by atoms with Gasteiger partial charge in [0.2, 0.25) is 0 Å². The number of halogens is 3. The van der Waals surface area contributed by atoms with Crippen LogP contribution in [0.2, 0.25) is 0 Å². The molecule has 13 heteroatoms. The molecule has 10 nitrogen and oxygen atoms in total. The number of aromatic nitrogens is 3. The minimum Gasteiger partial charge on any atom is -0.506 e. The number of alkyl halides is 3. The van der Waals surface area contributed by atoms with Crippen LogP contribution < -0.4 is 15.6 Å². The van der Waals surface area contributed by atoms with Gasteiger partial charge in [-0.25, -0.2) is 9.97 Å². The molecule has 0 radical (unpaired) electrons. The highest BCUT2D eigenvalue weighted by Gasteiger charge is 2.34. The average molecular weight is 526 g/mol. The van der Waals surface area contributed by atoms with E-state index in [0.29, 0.717) is 11.1 Å². The molecule has 0 saturated heterocycles. The van der Waals surface area contributed by atoms with E-state index in [1.54, 1.807) is 6.07 Å². The quantitative estimate of drug-likeness (QED) is 0.360. The van der Waals surface area contributed by atoms with Crippen LogP contribution >= 0.6 is 0 Å². The summed E-state index contributed by atoms with van der Waals surface area (Å²) in [7, 11) is 0. The number of carboxylic acid groups (broad SMARTS) is 1. The van der Waals surface area contributed by atoms with E-state index in [2.05, 4.69) is 15.3 Å². The molecule has 1 unspecified atom stereocenters. The van der Waals surface area contributed by atoms with E-state index in [0.717, 1.165) is 12.1 Å². The van der Waals surface area contributed by atoms with E-state index in [4.69, 9.17) is 9.84 Å². The number of benzene rings is 2. The van der Waals surface area contributed by atoms with Crippen molar-refractivity contribution in [3.63, 3.8) is 0 Å². The molecule has 0 aliphatic carbocycles. The first kappa shape index (κ1) is 24.7. The van der Waals surface area contributed by atoms with Crippen LogP contribution in [0.15, 0.2) is 59.9 Å². The molecular formula is C25H17F3N4O6. The van der Waals surface area contributed by atoms with E-state index in [1.807, 2.05) is 0 Å². The summed E-state index contributed by atoms with van der Waals surface area (Å²) >= 11 is 0. The zero-order valence-corrected chi connectivity index (χ0v) is 19.2. The first-order chi connectivity index (χ1) is 18.1. The molecule has 2 aromatic carbocycles. The van der Waals surface area contributed by atoms with Crippen LogP contribution in [0.3, 0.4) is 0 Å². The van der Waals surface area contributed by atoms with Crippen molar-refractivity contribution >= 4 is 22.8 Å². The van der Waals surface area contributed by atoms with Crippen LogP contribution in [0.4, 0.5) is 13.2 Å². The largest absolute Gasteiger partial charge is 0.506 e. The molecule has 3 N–H and O–H groups in total. The van der Waals surface area contributed by atoms with Crippen molar-refractivity contribution < 1.29 is 37.7 Å². The van der Waals surface area contributed by atoms with Gasteiger partial charge in [-0.05, 0) is 29.8 Å². The fourth-order valence-electron chi connectivity index (χ4n) is 4.39. The number of hydrogen-bond acceptors (Lipinski definition) is 7. The molecule has 38 heavy (non-hydrogen) atoms. The number of aromatic hydroxyl groups is 1. The summed E-state index contributed by atoms with van der Waals surface area (Å²) in [6.07, 6.45) is -0.238. The first-order valence-corrected chi connectivity index (χ1v) is 11.1. The minimum absolute atomic E-state index is 0.0392. The fourth-order valence-corrected chi connectivity index (χ4v) is 4.39. The number of ether oxygens (including phenoxy) is 1. The molecule has 3 heterocycles. The van der Waals surface area contributed by atoms with Crippen LogP contribution in [0.5, 0.6) is 11.5 Å². The first-order valence-electron chi connectivity index (χ1n) is 11.1. The Morgan fingerprint density at radius 2 is 1.79 bits per heavy atom.